The first-order valence-electron chi connectivity index (χ1n) is 7.92. The van der Waals surface area contributed by atoms with Gasteiger partial charge in [0.1, 0.15) is 12.3 Å². The first-order valence-corrected chi connectivity index (χ1v) is 10.1. The number of hydrogen-bond acceptors (Lipinski definition) is 4. The number of hydrogen-bond donors (Lipinski definition) is 1. The zero-order valence-electron chi connectivity index (χ0n) is 14.6. The fourth-order valence-electron chi connectivity index (χ4n) is 2.39. The summed E-state index contributed by atoms with van der Waals surface area (Å²) < 4.78 is 30.3. The Balaban J connectivity index is 1.97. The van der Waals surface area contributed by atoms with Gasteiger partial charge >= 0.3 is 0 Å². The van der Waals surface area contributed by atoms with E-state index < -0.39 is 15.9 Å². The normalized spacial score (nSPS) is 11.0. The number of carbonyl (C=O) groups is 1. The Bertz CT molecular complexity index is 871. The van der Waals surface area contributed by atoms with Gasteiger partial charge in [0.2, 0.25) is 15.9 Å². The highest BCUT2D eigenvalue weighted by Gasteiger charge is 2.20. The molecule has 0 aliphatic heterocycles. The van der Waals surface area contributed by atoms with E-state index in [9.17, 15) is 13.2 Å². The lowest BCUT2D eigenvalue weighted by atomic mass is 10.1. The van der Waals surface area contributed by atoms with E-state index in [1.807, 2.05) is 24.3 Å². The number of nitrogens with one attached hydrogen (secondary N) is 1. The minimum atomic E-state index is -3.62. The van der Waals surface area contributed by atoms with Crippen molar-refractivity contribution in [1.82, 2.24) is 5.32 Å². The topological polar surface area (TPSA) is 75.7 Å². The number of nitrogens with zero attached hydrogens (tertiary/aromatic N) is 1. The molecule has 0 bridgehead atoms. The van der Waals surface area contributed by atoms with Crippen LogP contribution >= 0.6 is 11.6 Å². The van der Waals surface area contributed by atoms with E-state index in [0.717, 1.165) is 21.9 Å². The number of benzene rings is 2. The van der Waals surface area contributed by atoms with E-state index in [-0.39, 0.29) is 6.54 Å². The second kappa shape index (κ2) is 8.91. The Morgan fingerprint density at radius 1 is 1.19 bits per heavy atom. The van der Waals surface area contributed by atoms with Crippen molar-refractivity contribution in [2.45, 2.75) is 6.42 Å². The molecule has 0 saturated carbocycles. The lowest BCUT2D eigenvalue weighted by Crippen LogP contribution is -2.40. The fourth-order valence-corrected chi connectivity index (χ4v) is 3.42. The van der Waals surface area contributed by atoms with E-state index in [1.54, 1.807) is 25.3 Å². The van der Waals surface area contributed by atoms with Gasteiger partial charge in [-0.3, -0.25) is 9.10 Å². The van der Waals surface area contributed by atoms with Crippen molar-refractivity contribution in [2.24, 2.45) is 0 Å². The average molecular weight is 397 g/mol. The number of methoxy groups -OCH3 is 1. The predicted molar refractivity (Wildman–Crippen MR) is 103 cm³/mol. The highest BCUT2D eigenvalue weighted by Crippen LogP contribution is 2.21. The smallest absolute Gasteiger partial charge is 0.240 e. The van der Waals surface area contributed by atoms with Crippen molar-refractivity contribution < 1.29 is 17.9 Å². The third-order valence-corrected chi connectivity index (χ3v) is 5.03. The zero-order valence-corrected chi connectivity index (χ0v) is 16.2. The summed E-state index contributed by atoms with van der Waals surface area (Å²) in [6.45, 7) is 0.0798. The van der Waals surface area contributed by atoms with Crippen molar-refractivity contribution in [1.29, 1.82) is 0 Å². The third-order valence-electron chi connectivity index (χ3n) is 3.65. The van der Waals surface area contributed by atoms with Crippen molar-refractivity contribution >= 4 is 33.2 Å². The summed E-state index contributed by atoms with van der Waals surface area (Å²) in [5.41, 5.74) is 1.36. The van der Waals surface area contributed by atoms with Gasteiger partial charge < -0.3 is 10.1 Å². The molecule has 0 aliphatic carbocycles. The number of sulfonamides is 1. The van der Waals surface area contributed by atoms with Gasteiger partial charge in [0.25, 0.3) is 0 Å². The average Bonchev–Trinajstić information content (AvgIpc) is 2.59. The van der Waals surface area contributed by atoms with Crippen molar-refractivity contribution in [3.8, 4) is 5.75 Å². The first kappa shape index (κ1) is 20.1. The number of amides is 1. The molecule has 6 nitrogen and oxygen atoms in total. The van der Waals surface area contributed by atoms with E-state index in [1.165, 1.54) is 6.07 Å². The molecule has 8 heteroatoms. The monoisotopic (exact) mass is 396 g/mol. The molecule has 2 rings (SSSR count). The molecule has 1 N–H and O–H groups in total. The van der Waals surface area contributed by atoms with Gasteiger partial charge in [-0.15, -0.1) is 0 Å². The Morgan fingerprint density at radius 3 is 2.58 bits per heavy atom. The fraction of sp³-hybridized carbons (Fsp3) is 0.278. The number of anilines is 1. The van der Waals surface area contributed by atoms with Gasteiger partial charge in [-0.1, -0.05) is 29.8 Å². The number of ether oxygens (including phenoxy) is 1. The number of rotatable bonds is 8. The molecule has 140 valence electrons. The molecule has 0 aromatic heterocycles. The standard InChI is InChI=1S/C18H21ClN2O4S/c1-25-17-8-3-5-14(11-17)9-10-20-18(22)13-21(26(2,23)24)16-7-4-6-15(19)12-16/h3-8,11-12H,9-10,13H2,1-2H3,(H,20,22). The highest BCUT2D eigenvalue weighted by molar-refractivity contribution is 7.92. The molecular weight excluding hydrogens is 376 g/mol. The molecule has 0 fully saturated rings. The van der Waals surface area contributed by atoms with E-state index in [4.69, 9.17) is 16.3 Å². The van der Waals surface area contributed by atoms with Crippen LogP contribution in [0.5, 0.6) is 5.75 Å². The van der Waals surface area contributed by atoms with E-state index in [2.05, 4.69) is 5.32 Å². The maximum absolute atomic E-state index is 12.2. The molecule has 0 spiro atoms. The summed E-state index contributed by atoms with van der Waals surface area (Å²) in [4.78, 5) is 12.2. The maximum Gasteiger partial charge on any atom is 0.240 e. The van der Waals surface area contributed by atoms with Crippen LogP contribution in [0, 0.1) is 0 Å². The number of carbonyl (C=O) groups excluding carboxylic acids is 1. The van der Waals surface area contributed by atoms with Gasteiger partial charge in [0.05, 0.1) is 19.1 Å². The summed E-state index contributed by atoms with van der Waals surface area (Å²) in [7, 11) is -2.02. The molecule has 26 heavy (non-hydrogen) atoms. The summed E-state index contributed by atoms with van der Waals surface area (Å²) in [6, 6.07) is 13.9. The molecule has 2 aromatic rings. The molecule has 0 radical (unpaired) electrons. The predicted octanol–water partition coefficient (Wildman–Crippen LogP) is 2.47. The van der Waals surface area contributed by atoms with Gasteiger partial charge in [-0.25, -0.2) is 8.42 Å². The Labute approximate surface area is 158 Å². The van der Waals surface area contributed by atoms with Gasteiger partial charge in [0, 0.05) is 11.6 Å². The van der Waals surface area contributed by atoms with Crippen molar-refractivity contribution in [3.05, 3.63) is 59.1 Å². The van der Waals surface area contributed by atoms with Crippen LogP contribution in [0.15, 0.2) is 48.5 Å². The van der Waals surface area contributed by atoms with Gasteiger partial charge in [0.15, 0.2) is 0 Å². The Hall–Kier alpha value is -2.25. The zero-order chi connectivity index (χ0) is 19.2. The van der Waals surface area contributed by atoms with Crippen LogP contribution in [0.2, 0.25) is 5.02 Å². The molecule has 0 aliphatic rings. The molecule has 0 atom stereocenters. The SMILES string of the molecule is COc1cccc(CCNC(=O)CN(c2cccc(Cl)c2)S(C)(=O)=O)c1. The van der Waals surface area contributed by atoms with Crippen LogP contribution in [-0.4, -0.2) is 40.8 Å². The third kappa shape index (κ3) is 5.93. The maximum atomic E-state index is 12.2. The van der Waals surface area contributed by atoms with Crippen molar-refractivity contribution in [3.63, 3.8) is 0 Å². The van der Waals surface area contributed by atoms with Crippen molar-refractivity contribution in [2.75, 3.05) is 30.8 Å². The summed E-state index contributed by atoms with van der Waals surface area (Å²) in [6.07, 6.45) is 1.66. The molecule has 2 aromatic carbocycles. The Kier molecular flexibility index (Phi) is 6.88. The minimum absolute atomic E-state index is 0.308. The van der Waals surface area contributed by atoms with Crippen LogP contribution in [-0.2, 0) is 21.2 Å². The molecular formula is C18H21ClN2O4S. The van der Waals surface area contributed by atoms with Crippen LogP contribution < -0.4 is 14.4 Å². The second-order valence-electron chi connectivity index (χ2n) is 5.70. The summed E-state index contributed by atoms with van der Waals surface area (Å²) in [5, 5.41) is 3.13. The molecule has 0 saturated heterocycles. The summed E-state index contributed by atoms with van der Waals surface area (Å²) >= 11 is 5.92. The van der Waals surface area contributed by atoms with Gasteiger partial charge in [-0.2, -0.15) is 0 Å². The minimum Gasteiger partial charge on any atom is -0.497 e. The Morgan fingerprint density at radius 2 is 1.92 bits per heavy atom. The van der Waals surface area contributed by atoms with E-state index >= 15 is 0 Å². The lowest BCUT2D eigenvalue weighted by Gasteiger charge is -2.22. The van der Waals surface area contributed by atoms with Crippen LogP contribution in [0.25, 0.3) is 0 Å². The lowest BCUT2D eigenvalue weighted by molar-refractivity contribution is -0.119. The summed E-state index contributed by atoms with van der Waals surface area (Å²) in [5.74, 6) is 0.358. The molecule has 0 unspecified atom stereocenters. The van der Waals surface area contributed by atoms with Crippen LogP contribution in [0.1, 0.15) is 5.56 Å². The van der Waals surface area contributed by atoms with Crippen LogP contribution in [0.3, 0.4) is 0 Å². The second-order valence-corrected chi connectivity index (χ2v) is 8.04. The van der Waals surface area contributed by atoms with Crippen LogP contribution in [0.4, 0.5) is 5.69 Å². The largest absolute Gasteiger partial charge is 0.497 e. The molecule has 1 amide bonds. The first-order chi connectivity index (χ1) is 12.3. The quantitative estimate of drug-likeness (QED) is 0.743. The highest BCUT2D eigenvalue weighted by atomic mass is 35.5. The van der Waals surface area contributed by atoms with Gasteiger partial charge in [-0.05, 0) is 42.3 Å². The molecule has 0 heterocycles. The van der Waals surface area contributed by atoms with E-state index in [0.29, 0.717) is 23.7 Å². The number of halogens is 1.